The van der Waals surface area contributed by atoms with Gasteiger partial charge in [0, 0.05) is 35.9 Å². The molecule has 33 heavy (non-hydrogen) atoms. The lowest BCUT2D eigenvalue weighted by Crippen LogP contribution is -2.25. The summed E-state index contributed by atoms with van der Waals surface area (Å²) in [7, 11) is 0. The van der Waals surface area contributed by atoms with Crippen molar-refractivity contribution in [1.82, 2.24) is 10.3 Å². The topological polar surface area (TPSA) is 71.1 Å². The highest BCUT2D eigenvalue weighted by atomic mass is 32.1. The Hall–Kier alpha value is -2.97. The minimum Gasteiger partial charge on any atom is -0.352 e. The first kappa shape index (κ1) is 24.7. The fourth-order valence-corrected chi connectivity index (χ4v) is 3.90. The van der Waals surface area contributed by atoms with E-state index in [1.807, 2.05) is 29.6 Å². The smallest absolute Gasteiger partial charge is 0.251 e. The Kier molecular flexibility index (Phi) is 9.65. The van der Waals surface area contributed by atoms with Crippen molar-refractivity contribution in [3.8, 4) is 0 Å². The first-order chi connectivity index (χ1) is 16.0. The van der Waals surface area contributed by atoms with Gasteiger partial charge in [-0.25, -0.2) is 9.37 Å². The van der Waals surface area contributed by atoms with Crippen molar-refractivity contribution >= 4 is 52.6 Å². The fraction of sp³-hybridized carbons (Fsp3) is 0.240. The van der Waals surface area contributed by atoms with E-state index in [9.17, 15) is 14.0 Å². The molecule has 0 aliphatic rings. The van der Waals surface area contributed by atoms with Gasteiger partial charge in [0.05, 0.1) is 0 Å². The Bertz CT molecular complexity index is 1070. The van der Waals surface area contributed by atoms with E-state index in [0.717, 1.165) is 30.4 Å². The third-order valence-electron chi connectivity index (χ3n) is 4.92. The van der Waals surface area contributed by atoms with Crippen LogP contribution < -0.4 is 10.6 Å². The van der Waals surface area contributed by atoms with E-state index >= 15 is 0 Å². The van der Waals surface area contributed by atoms with Gasteiger partial charge in [-0.3, -0.25) is 9.59 Å². The SMILES string of the molecule is O=C(CCCCCNC(=O)C(=Cc1ccc(CS)cc1)c1ccc(F)cc1)Nc1nccs1. The first-order valence-electron chi connectivity index (χ1n) is 10.7. The number of carbonyl (C=O) groups excluding carboxylic acids is 2. The minimum atomic E-state index is -0.351. The molecule has 0 atom stereocenters. The molecule has 2 amide bonds. The fourth-order valence-electron chi connectivity index (χ4n) is 3.15. The van der Waals surface area contributed by atoms with Crippen molar-refractivity contribution in [2.45, 2.75) is 31.4 Å². The molecule has 3 aromatic rings. The number of carbonyl (C=O) groups is 2. The van der Waals surface area contributed by atoms with Crippen molar-refractivity contribution < 1.29 is 14.0 Å². The van der Waals surface area contributed by atoms with Crippen molar-refractivity contribution in [3.63, 3.8) is 0 Å². The molecule has 1 heterocycles. The normalized spacial score (nSPS) is 11.3. The second-order valence-corrected chi connectivity index (χ2v) is 8.63. The first-order valence-corrected chi connectivity index (χ1v) is 12.2. The molecule has 0 saturated carbocycles. The van der Waals surface area contributed by atoms with E-state index in [0.29, 0.717) is 35.0 Å². The molecule has 0 unspecified atom stereocenters. The van der Waals surface area contributed by atoms with Crippen LogP contribution in [0.2, 0.25) is 0 Å². The summed E-state index contributed by atoms with van der Waals surface area (Å²) in [5.41, 5.74) is 3.08. The van der Waals surface area contributed by atoms with Crippen LogP contribution in [0.5, 0.6) is 0 Å². The number of benzene rings is 2. The molecule has 2 aromatic carbocycles. The zero-order valence-corrected chi connectivity index (χ0v) is 19.8. The Labute approximate surface area is 202 Å². The van der Waals surface area contributed by atoms with E-state index in [1.165, 1.54) is 23.5 Å². The zero-order chi connectivity index (χ0) is 23.5. The summed E-state index contributed by atoms with van der Waals surface area (Å²) in [6.07, 6.45) is 6.15. The van der Waals surface area contributed by atoms with Crippen molar-refractivity contribution in [2.75, 3.05) is 11.9 Å². The second kappa shape index (κ2) is 12.9. The van der Waals surface area contributed by atoms with E-state index in [4.69, 9.17) is 0 Å². The highest BCUT2D eigenvalue weighted by Crippen LogP contribution is 2.20. The number of hydrogen-bond acceptors (Lipinski definition) is 5. The van der Waals surface area contributed by atoms with E-state index in [1.54, 1.807) is 24.4 Å². The highest BCUT2D eigenvalue weighted by Gasteiger charge is 2.12. The van der Waals surface area contributed by atoms with Gasteiger partial charge in [0.15, 0.2) is 5.13 Å². The maximum absolute atomic E-state index is 13.4. The quantitative estimate of drug-likeness (QED) is 0.145. The Morgan fingerprint density at radius 1 is 1.03 bits per heavy atom. The number of nitrogens with one attached hydrogen (secondary N) is 2. The van der Waals surface area contributed by atoms with Crippen LogP contribution in [0.4, 0.5) is 9.52 Å². The maximum Gasteiger partial charge on any atom is 0.251 e. The average molecular weight is 484 g/mol. The maximum atomic E-state index is 13.4. The predicted octanol–water partition coefficient (Wildman–Crippen LogP) is 5.57. The predicted molar refractivity (Wildman–Crippen MR) is 136 cm³/mol. The molecule has 2 N–H and O–H groups in total. The summed E-state index contributed by atoms with van der Waals surface area (Å²) >= 11 is 5.65. The van der Waals surface area contributed by atoms with Gasteiger partial charge in [-0.15, -0.1) is 11.3 Å². The van der Waals surface area contributed by atoms with E-state index < -0.39 is 0 Å². The molecule has 0 aliphatic carbocycles. The van der Waals surface area contributed by atoms with Crippen LogP contribution in [0, 0.1) is 5.82 Å². The Morgan fingerprint density at radius 3 is 2.45 bits per heavy atom. The molecule has 5 nitrogen and oxygen atoms in total. The minimum absolute atomic E-state index is 0.0561. The third-order valence-corrected chi connectivity index (χ3v) is 5.97. The summed E-state index contributed by atoms with van der Waals surface area (Å²) < 4.78 is 13.4. The third kappa shape index (κ3) is 8.14. The van der Waals surface area contributed by atoms with Crippen LogP contribution in [0.1, 0.15) is 42.4 Å². The summed E-state index contributed by atoms with van der Waals surface area (Å²) in [5, 5.41) is 8.11. The molecular weight excluding hydrogens is 457 g/mol. The zero-order valence-electron chi connectivity index (χ0n) is 18.1. The second-order valence-electron chi connectivity index (χ2n) is 7.42. The number of nitrogens with zero attached hydrogens (tertiary/aromatic N) is 1. The molecular formula is C25H26FN3O2S2. The number of amides is 2. The molecule has 0 bridgehead atoms. The van der Waals surface area contributed by atoms with E-state index in [-0.39, 0.29) is 17.6 Å². The van der Waals surface area contributed by atoms with Crippen LogP contribution >= 0.6 is 24.0 Å². The number of thiazole rings is 1. The Balaban J connectivity index is 1.52. The van der Waals surface area contributed by atoms with Gasteiger partial charge in [0.2, 0.25) is 5.91 Å². The molecule has 0 fully saturated rings. The summed E-state index contributed by atoms with van der Waals surface area (Å²) in [5.74, 6) is 0.0124. The summed E-state index contributed by atoms with van der Waals surface area (Å²) in [6, 6.07) is 13.7. The van der Waals surface area contributed by atoms with Gasteiger partial charge < -0.3 is 10.6 Å². The number of halogens is 1. The van der Waals surface area contributed by atoms with Crippen molar-refractivity contribution in [1.29, 1.82) is 0 Å². The van der Waals surface area contributed by atoms with Gasteiger partial charge in [-0.1, -0.05) is 42.8 Å². The molecule has 1 aromatic heterocycles. The molecule has 8 heteroatoms. The molecule has 0 spiro atoms. The standard InChI is InChI=1S/C25H26FN3O2S2/c26-21-11-9-20(10-12-21)22(16-18-5-7-19(17-32)8-6-18)24(31)27-13-3-1-2-4-23(30)29-25-28-14-15-33-25/h5-12,14-16,32H,1-4,13,17H2,(H,27,31)(H,28,29,30). The molecule has 0 saturated heterocycles. The van der Waals surface area contributed by atoms with Crippen LogP contribution in [-0.4, -0.2) is 23.3 Å². The van der Waals surface area contributed by atoms with Gasteiger partial charge >= 0.3 is 0 Å². The van der Waals surface area contributed by atoms with Gasteiger partial charge in [-0.2, -0.15) is 12.6 Å². The molecule has 0 aliphatic heterocycles. The van der Waals surface area contributed by atoms with Crippen LogP contribution in [-0.2, 0) is 15.3 Å². The highest BCUT2D eigenvalue weighted by molar-refractivity contribution is 7.79. The lowest BCUT2D eigenvalue weighted by atomic mass is 10.0. The van der Waals surface area contributed by atoms with Gasteiger partial charge in [0.25, 0.3) is 5.91 Å². The lowest BCUT2D eigenvalue weighted by molar-refractivity contribution is -0.117. The lowest BCUT2D eigenvalue weighted by Gasteiger charge is -2.10. The monoisotopic (exact) mass is 483 g/mol. The largest absolute Gasteiger partial charge is 0.352 e. The number of aromatic nitrogens is 1. The summed E-state index contributed by atoms with van der Waals surface area (Å²) in [4.78, 5) is 28.8. The van der Waals surface area contributed by atoms with Crippen LogP contribution in [0.25, 0.3) is 11.6 Å². The van der Waals surface area contributed by atoms with Crippen molar-refractivity contribution in [3.05, 3.63) is 82.6 Å². The van der Waals surface area contributed by atoms with Crippen LogP contribution in [0.15, 0.2) is 60.1 Å². The molecule has 3 rings (SSSR count). The molecule has 172 valence electrons. The number of rotatable bonds is 11. The number of hydrogen-bond donors (Lipinski definition) is 3. The van der Waals surface area contributed by atoms with E-state index in [2.05, 4.69) is 28.2 Å². The van der Waals surface area contributed by atoms with Crippen molar-refractivity contribution in [2.24, 2.45) is 0 Å². The summed E-state index contributed by atoms with van der Waals surface area (Å²) in [6.45, 7) is 0.490. The number of anilines is 1. The number of thiol groups is 1. The van der Waals surface area contributed by atoms with Crippen LogP contribution in [0.3, 0.4) is 0 Å². The average Bonchev–Trinajstić information content (AvgIpc) is 3.33. The van der Waals surface area contributed by atoms with Gasteiger partial charge in [0.1, 0.15) is 5.82 Å². The van der Waals surface area contributed by atoms with Gasteiger partial charge in [-0.05, 0) is 47.7 Å². The Morgan fingerprint density at radius 2 is 1.79 bits per heavy atom. The molecule has 0 radical (unpaired) electrons. The number of unbranched alkanes of at least 4 members (excludes halogenated alkanes) is 2.